The van der Waals surface area contributed by atoms with E-state index in [9.17, 15) is 5.11 Å². The Kier molecular flexibility index (Phi) is 6.18. The zero-order chi connectivity index (χ0) is 24.5. The van der Waals surface area contributed by atoms with Crippen molar-refractivity contribution in [1.29, 1.82) is 0 Å². The highest BCUT2D eigenvalue weighted by Crippen LogP contribution is 2.33. The maximum Gasteiger partial charge on any atom is 0.231 e. The third-order valence-electron chi connectivity index (χ3n) is 6.62. The number of benzene rings is 3. The van der Waals surface area contributed by atoms with Crippen LogP contribution in [0.4, 0.5) is 0 Å². The summed E-state index contributed by atoms with van der Waals surface area (Å²) in [6, 6.07) is 23.3. The van der Waals surface area contributed by atoms with Gasteiger partial charge in [-0.15, -0.1) is 5.10 Å². The Hall–Kier alpha value is -3.66. The quantitative estimate of drug-likeness (QED) is 0.396. The van der Waals surface area contributed by atoms with Gasteiger partial charge in [0.1, 0.15) is 5.75 Å². The molecule has 1 N–H and O–H groups in total. The second kappa shape index (κ2) is 9.77. The van der Waals surface area contributed by atoms with Crippen molar-refractivity contribution in [2.75, 3.05) is 33.0 Å². The van der Waals surface area contributed by atoms with Crippen LogP contribution >= 0.6 is 12.2 Å². The van der Waals surface area contributed by atoms with Crippen molar-refractivity contribution in [3.8, 4) is 34.3 Å². The molecule has 0 saturated carbocycles. The van der Waals surface area contributed by atoms with E-state index in [2.05, 4.69) is 21.9 Å². The van der Waals surface area contributed by atoms with Gasteiger partial charge in [0.15, 0.2) is 17.3 Å². The molecule has 8 nitrogen and oxygen atoms in total. The van der Waals surface area contributed by atoms with E-state index in [1.807, 2.05) is 57.8 Å². The van der Waals surface area contributed by atoms with Gasteiger partial charge in [-0.05, 0) is 66.3 Å². The molecule has 0 aliphatic carbocycles. The predicted octanol–water partition coefficient (Wildman–Crippen LogP) is 4.28. The molecule has 3 heterocycles. The lowest BCUT2D eigenvalue weighted by Gasteiger charge is -2.34. The molecule has 4 aromatic rings. The Bertz CT molecular complexity index is 1410. The topological polar surface area (TPSA) is 67.9 Å². The molecule has 0 radical (unpaired) electrons. The molecular weight excluding hydrogens is 474 g/mol. The number of fused-ring (bicyclic) bond motifs is 1. The van der Waals surface area contributed by atoms with Gasteiger partial charge in [-0.3, -0.25) is 14.4 Å². The van der Waals surface area contributed by atoms with Crippen LogP contribution in [0.1, 0.15) is 5.56 Å². The van der Waals surface area contributed by atoms with Crippen molar-refractivity contribution in [3.63, 3.8) is 0 Å². The number of para-hydroxylation sites is 1. The first-order valence-corrected chi connectivity index (χ1v) is 12.4. The number of aromatic hydroxyl groups is 1. The SMILES string of the molecule is Oc1ccc(-c2nn(CN3CCN(Cc4ccc5c(c4)OCO5)CC3)c(=S)n2-c2ccccc2)cc1. The van der Waals surface area contributed by atoms with Crippen LogP contribution in [0.5, 0.6) is 17.2 Å². The Morgan fingerprint density at radius 2 is 1.56 bits per heavy atom. The number of phenolic OH excluding ortho intramolecular Hbond substituents is 1. The van der Waals surface area contributed by atoms with Crippen molar-refractivity contribution in [3.05, 3.63) is 83.1 Å². The molecule has 6 rings (SSSR count). The van der Waals surface area contributed by atoms with Crippen LogP contribution in [-0.4, -0.2) is 62.2 Å². The van der Waals surface area contributed by atoms with Crippen LogP contribution in [0.15, 0.2) is 72.8 Å². The summed E-state index contributed by atoms with van der Waals surface area (Å²) in [7, 11) is 0. The fraction of sp³-hybridized carbons (Fsp3) is 0.259. The highest BCUT2D eigenvalue weighted by molar-refractivity contribution is 7.71. The van der Waals surface area contributed by atoms with Gasteiger partial charge in [-0.1, -0.05) is 24.3 Å². The number of phenols is 1. The Balaban J connectivity index is 1.18. The molecule has 0 bridgehead atoms. The van der Waals surface area contributed by atoms with Crippen molar-refractivity contribution in [2.45, 2.75) is 13.2 Å². The summed E-state index contributed by atoms with van der Waals surface area (Å²) >= 11 is 5.89. The number of piperazine rings is 1. The van der Waals surface area contributed by atoms with Crippen LogP contribution < -0.4 is 9.47 Å². The van der Waals surface area contributed by atoms with Gasteiger partial charge in [0.25, 0.3) is 0 Å². The summed E-state index contributed by atoms with van der Waals surface area (Å²) in [5.74, 6) is 2.63. The van der Waals surface area contributed by atoms with Gasteiger partial charge in [0, 0.05) is 44.0 Å². The van der Waals surface area contributed by atoms with E-state index in [1.54, 1.807) is 12.1 Å². The summed E-state index contributed by atoms with van der Waals surface area (Å²) in [6.45, 7) is 5.60. The Morgan fingerprint density at radius 3 is 2.33 bits per heavy atom. The number of nitrogens with zero attached hydrogens (tertiary/aromatic N) is 5. The van der Waals surface area contributed by atoms with Crippen LogP contribution in [0, 0.1) is 4.77 Å². The normalized spacial score (nSPS) is 15.9. The van der Waals surface area contributed by atoms with Gasteiger partial charge in [-0.2, -0.15) is 0 Å². The molecule has 0 spiro atoms. The number of hydrogen-bond donors (Lipinski definition) is 1. The van der Waals surface area contributed by atoms with Gasteiger partial charge in [0.05, 0.1) is 6.67 Å². The molecule has 36 heavy (non-hydrogen) atoms. The van der Waals surface area contributed by atoms with Crippen molar-refractivity contribution >= 4 is 12.2 Å². The van der Waals surface area contributed by atoms with E-state index in [-0.39, 0.29) is 5.75 Å². The predicted molar refractivity (Wildman–Crippen MR) is 139 cm³/mol. The largest absolute Gasteiger partial charge is 0.508 e. The summed E-state index contributed by atoms with van der Waals surface area (Å²) in [4.78, 5) is 4.84. The molecule has 0 amide bonds. The molecule has 9 heteroatoms. The first-order valence-electron chi connectivity index (χ1n) is 12.0. The van der Waals surface area contributed by atoms with E-state index < -0.39 is 0 Å². The van der Waals surface area contributed by atoms with E-state index in [1.165, 1.54) is 5.56 Å². The fourth-order valence-electron chi connectivity index (χ4n) is 4.68. The number of aromatic nitrogens is 3. The highest BCUT2D eigenvalue weighted by Gasteiger charge is 2.21. The highest BCUT2D eigenvalue weighted by atomic mass is 32.1. The van der Waals surface area contributed by atoms with Gasteiger partial charge < -0.3 is 14.6 Å². The molecule has 2 aliphatic heterocycles. The van der Waals surface area contributed by atoms with Crippen LogP contribution in [0.25, 0.3) is 17.1 Å². The first kappa shape index (κ1) is 22.8. The van der Waals surface area contributed by atoms with Crippen molar-refractivity contribution in [1.82, 2.24) is 24.1 Å². The molecule has 1 fully saturated rings. The monoisotopic (exact) mass is 501 g/mol. The van der Waals surface area contributed by atoms with Gasteiger partial charge >= 0.3 is 0 Å². The van der Waals surface area contributed by atoms with Gasteiger partial charge in [-0.25, -0.2) is 4.68 Å². The van der Waals surface area contributed by atoms with Crippen LogP contribution in [0.2, 0.25) is 0 Å². The molecule has 1 aromatic heterocycles. The second-order valence-corrected chi connectivity index (χ2v) is 9.41. The lowest BCUT2D eigenvalue weighted by atomic mass is 10.1. The lowest BCUT2D eigenvalue weighted by Crippen LogP contribution is -2.46. The van der Waals surface area contributed by atoms with Gasteiger partial charge in [0.2, 0.25) is 11.6 Å². The Morgan fingerprint density at radius 1 is 0.833 bits per heavy atom. The molecule has 1 saturated heterocycles. The number of hydrogen-bond acceptors (Lipinski definition) is 7. The zero-order valence-corrected chi connectivity index (χ0v) is 20.6. The minimum absolute atomic E-state index is 0.224. The number of ether oxygens (including phenoxy) is 2. The zero-order valence-electron chi connectivity index (χ0n) is 19.8. The fourth-order valence-corrected chi connectivity index (χ4v) is 4.97. The average molecular weight is 502 g/mol. The van der Waals surface area contributed by atoms with Crippen molar-refractivity contribution < 1.29 is 14.6 Å². The standard InChI is InChI=1S/C27H27N5O3S/c33-23-9-7-21(8-10-23)26-28-31(27(36)32(26)22-4-2-1-3-5-22)18-30-14-12-29(13-15-30)17-20-6-11-24-25(16-20)35-19-34-24/h1-11,16,33H,12-15,17-19H2. The summed E-state index contributed by atoms with van der Waals surface area (Å²) < 4.78 is 15.5. The minimum Gasteiger partial charge on any atom is -0.508 e. The summed E-state index contributed by atoms with van der Waals surface area (Å²) in [5, 5.41) is 14.7. The maximum absolute atomic E-state index is 9.75. The van der Waals surface area contributed by atoms with Crippen molar-refractivity contribution in [2.24, 2.45) is 0 Å². The lowest BCUT2D eigenvalue weighted by molar-refractivity contribution is 0.0981. The molecule has 184 valence electrons. The van der Waals surface area contributed by atoms with Crippen LogP contribution in [-0.2, 0) is 13.2 Å². The summed E-state index contributed by atoms with van der Waals surface area (Å²) in [6.07, 6.45) is 0. The van der Waals surface area contributed by atoms with E-state index in [0.29, 0.717) is 18.2 Å². The second-order valence-electron chi connectivity index (χ2n) is 9.05. The van der Waals surface area contributed by atoms with Crippen LogP contribution in [0.3, 0.4) is 0 Å². The van der Waals surface area contributed by atoms with E-state index in [0.717, 1.165) is 61.3 Å². The number of rotatable bonds is 6. The first-order chi connectivity index (χ1) is 17.6. The van der Waals surface area contributed by atoms with E-state index in [4.69, 9.17) is 26.8 Å². The third-order valence-corrected chi connectivity index (χ3v) is 7.01. The summed E-state index contributed by atoms with van der Waals surface area (Å²) in [5.41, 5.74) is 3.09. The average Bonchev–Trinajstić information content (AvgIpc) is 3.50. The minimum atomic E-state index is 0.224. The maximum atomic E-state index is 9.75. The molecule has 2 aliphatic rings. The molecule has 3 aromatic carbocycles. The smallest absolute Gasteiger partial charge is 0.231 e. The molecule has 0 atom stereocenters. The Labute approximate surface area is 214 Å². The molecular formula is C27H27N5O3S. The molecule has 0 unspecified atom stereocenters. The van der Waals surface area contributed by atoms with E-state index >= 15 is 0 Å². The third kappa shape index (κ3) is 4.60.